The summed E-state index contributed by atoms with van der Waals surface area (Å²) < 4.78 is 13.1. The molecule has 140 valence electrons. The maximum atomic E-state index is 5.52. The minimum Gasteiger partial charge on any atom is -0.454 e. The largest absolute Gasteiger partial charge is 0.454 e. The van der Waals surface area contributed by atoms with Crippen LogP contribution in [0.15, 0.2) is 36.8 Å². The average Bonchev–Trinajstić information content (AvgIpc) is 3.42. The van der Waals surface area contributed by atoms with E-state index in [0.29, 0.717) is 12.8 Å². The van der Waals surface area contributed by atoms with E-state index in [-0.39, 0.29) is 5.92 Å². The molecule has 1 aliphatic carbocycles. The second-order valence-corrected chi connectivity index (χ2v) is 7.57. The highest BCUT2D eigenvalue weighted by atomic mass is 16.7. The van der Waals surface area contributed by atoms with Crippen molar-refractivity contribution in [2.75, 3.05) is 12.1 Å². The van der Waals surface area contributed by atoms with Gasteiger partial charge >= 0.3 is 0 Å². The quantitative estimate of drug-likeness (QED) is 0.737. The first-order valence-electron chi connectivity index (χ1n) is 9.75. The number of imidazole rings is 1. The fourth-order valence-corrected chi connectivity index (χ4v) is 4.19. The number of aromatic nitrogens is 3. The molecule has 3 heterocycles. The van der Waals surface area contributed by atoms with Crippen molar-refractivity contribution in [2.45, 2.75) is 51.0 Å². The number of anilines is 1. The monoisotopic (exact) mass is 364 g/mol. The number of hydrogen-bond acceptors (Lipinski definition) is 5. The molecule has 6 heteroatoms. The molecule has 27 heavy (non-hydrogen) atoms. The molecule has 0 unspecified atom stereocenters. The van der Waals surface area contributed by atoms with E-state index in [1.807, 2.05) is 24.7 Å². The van der Waals surface area contributed by atoms with Crippen molar-refractivity contribution < 1.29 is 9.47 Å². The van der Waals surface area contributed by atoms with Crippen molar-refractivity contribution in [3.05, 3.63) is 48.0 Å². The zero-order chi connectivity index (χ0) is 18.2. The number of ether oxygens (including phenoxy) is 2. The van der Waals surface area contributed by atoms with Gasteiger partial charge in [0.05, 0.1) is 11.9 Å². The van der Waals surface area contributed by atoms with Gasteiger partial charge in [-0.15, -0.1) is 0 Å². The Labute approximate surface area is 158 Å². The predicted molar refractivity (Wildman–Crippen MR) is 104 cm³/mol. The lowest BCUT2D eigenvalue weighted by atomic mass is 9.97. The Kier molecular flexibility index (Phi) is 4.11. The molecule has 5 rings (SSSR count). The molecule has 2 aliphatic rings. The average molecular weight is 364 g/mol. The van der Waals surface area contributed by atoms with Crippen LogP contribution >= 0.6 is 0 Å². The molecule has 1 saturated carbocycles. The lowest BCUT2D eigenvalue weighted by Crippen LogP contribution is -2.17. The van der Waals surface area contributed by atoms with Crippen LogP contribution in [0.25, 0.3) is 5.65 Å². The van der Waals surface area contributed by atoms with Crippen LogP contribution in [0.2, 0.25) is 0 Å². The van der Waals surface area contributed by atoms with Gasteiger partial charge in [0.15, 0.2) is 17.1 Å². The molecule has 0 amide bonds. The zero-order valence-electron chi connectivity index (χ0n) is 15.5. The Bertz CT molecular complexity index is 962. The predicted octanol–water partition coefficient (Wildman–Crippen LogP) is 4.16. The van der Waals surface area contributed by atoms with E-state index in [0.717, 1.165) is 35.1 Å². The summed E-state index contributed by atoms with van der Waals surface area (Å²) >= 11 is 0. The highest BCUT2D eigenvalue weighted by molar-refractivity contribution is 5.56. The summed E-state index contributed by atoms with van der Waals surface area (Å²) in [5.74, 6) is 3.05. The molecule has 1 atom stereocenters. The Hall–Kier alpha value is -2.76. The van der Waals surface area contributed by atoms with Crippen LogP contribution < -0.4 is 14.8 Å². The maximum Gasteiger partial charge on any atom is 0.231 e. The number of nitrogens with one attached hydrogen (secondary N) is 1. The number of fused-ring (bicyclic) bond motifs is 2. The molecule has 0 spiro atoms. The minimum atomic E-state index is 0.272. The standard InChI is InChI=1S/C21H24N4O2/c1-14(10-15-6-7-17-18(11-15)27-13-26-17)20-21(23-16-4-2-3-5-16)25-9-8-22-12-19(25)24-20/h6-9,11-12,14,16,23H,2-5,10,13H2,1H3/t14-/m1/s1. The summed E-state index contributed by atoms with van der Waals surface area (Å²) in [4.78, 5) is 9.15. The molecule has 6 nitrogen and oxygen atoms in total. The molecule has 0 bridgehead atoms. The van der Waals surface area contributed by atoms with E-state index >= 15 is 0 Å². The molecule has 1 aromatic carbocycles. The van der Waals surface area contributed by atoms with Crippen molar-refractivity contribution >= 4 is 11.5 Å². The fourth-order valence-electron chi connectivity index (χ4n) is 4.19. The molecular formula is C21H24N4O2. The summed E-state index contributed by atoms with van der Waals surface area (Å²) in [7, 11) is 0. The van der Waals surface area contributed by atoms with Gasteiger partial charge in [0.25, 0.3) is 0 Å². The van der Waals surface area contributed by atoms with Crippen LogP contribution in [-0.2, 0) is 6.42 Å². The molecule has 0 radical (unpaired) electrons. The van der Waals surface area contributed by atoms with Gasteiger partial charge in [-0.3, -0.25) is 9.38 Å². The second kappa shape index (κ2) is 6.76. The van der Waals surface area contributed by atoms with Gasteiger partial charge in [0, 0.05) is 24.4 Å². The van der Waals surface area contributed by atoms with Gasteiger partial charge in [-0.1, -0.05) is 25.8 Å². The third kappa shape index (κ3) is 3.09. The van der Waals surface area contributed by atoms with Gasteiger partial charge in [-0.05, 0) is 37.0 Å². The number of rotatable bonds is 5. The van der Waals surface area contributed by atoms with Gasteiger partial charge < -0.3 is 14.8 Å². The van der Waals surface area contributed by atoms with Crippen LogP contribution in [0.3, 0.4) is 0 Å². The highest BCUT2D eigenvalue weighted by Gasteiger charge is 2.23. The molecule has 0 saturated heterocycles. The van der Waals surface area contributed by atoms with Crippen molar-refractivity contribution in [3.8, 4) is 11.5 Å². The SMILES string of the molecule is C[C@H](Cc1ccc2c(c1)OCO2)c1nc2cnccn2c1NC1CCCC1. The smallest absolute Gasteiger partial charge is 0.231 e. The maximum absolute atomic E-state index is 5.52. The first-order chi connectivity index (χ1) is 13.3. The van der Waals surface area contributed by atoms with Crippen LogP contribution in [0, 0.1) is 0 Å². The normalized spacial score (nSPS) is 17.5. The van der Waals surface area contributed by atoms with Gasteiger partial charge in [0.2, 0.25) is 6.79 Å². The first-order valence-corrected chi connectivity index (χ1v) is 9.75. The summed E-state index contributed by atoms with van der Waals surface area (Å²) in [6.07, 6.45) is 11.6. The molecule has 1 aliphatic heterocycles. The minimum absolute atomic E-state index is 0.272. The van der Waals surface area contributed by atoms with E-state index in [9.17, 15) is 0 Å². The van der Waals surface area contributed by atoms with E-state index in [4.69, 9.17) is 14.5 Å². The molecular weight excluding hydrogens is 340 g/mol. The summed E-state index contributed by atoms with van der Waals surface area (Å²) in [5.41, 5.74) is 3.23. The van der Waals surface area contributed by atoms with Gasteiger partial charge in [-0.2, -0.15) is 0 Å². The Morgan fingerprint density at radius 1 is 1.22 bits per heavy atom. The van der Waals surface area contributed by atoms with E-state index < -0.39 is 0 Å². The van der Waals surface area contributed by atoms with Gasteiger partial charge in [0.1, 0.15) is 5.82 Å². The fraction of sp³-hybridized carbons (Fsp3) is 0.429. The van der Waals surface area contributed by atoms with E-state index in [1.54, 1.807) is 0 Å². The van der Waals surface area contributed by atoms with Crippen molar-refractivity contribution in [3.63, 3.8) is 0 Å². The Morgan fingerprint density at radius 2 is 2.07 bits per heavy atom. The van der Waals surface area contributed by atoms with E-state index in [2.05, 4.69) is 33.8 Å². The molecule has 2 aromatic heterocycles. The zero-order valence-corrected chi connectivity index (χ0v) is 15.5. The Balaban J connectivity index is 1.45. The third-order valence-corrected chi connectivity index (χ3v) is 5.60. The van der Waals surface area contributed by atoms with Crippen LogP contribution in [0.4, 0.5) is 5.82 Å². The molecule has 1 fully saturated rings. The highest BCUT2D eigenvalue weighted by Crippen LogP contribution is 2.35. The topological polar surface area (TPSA) is 60.7 Å². The molecule has 1 N–H and O–H groups in total. The molecule has 3 aromatic rings. The number of nitrogens with zero attached hydrogens (tertiary/aromatic N) is 3. The lowest BCUT2D eigenvalue weighted by molar-refractivity contribution is 0.174. The number of benzene rings is 1. The summed E-state index contributed by atoms with van der Waals surface area (Å²) in [6, 6.07) is 6.73. The lowest BCUT2D eigenvalue weighted by Gasteiger charge is -2.17. The van der Waals surface area contributed by atoms with Crippen LogP contribution in [0.1, 0.15) is 49.8 Å². The van der Waals surface area contributed by atoms with Crippen molar-refractivity contribution in [1.29, 1.82) is 0 Å². The number of hydrogen-bond donors (Lipinski definition) is 1. The Morgan fingerprint density at radius 3 is 2.96 bits per heavy atom. The van der Waals surface area contributed by atoms with Crippen molar-refractivity contribution in [2.24, 2.45) is 0 Å². The first kappa shape index (κ1) is 16.4. The van der Waals surface area contributed by atoms with Gasteiger partial charge in [-0.25, -0.2) is 4.98 Å². The summed E-state index contributed by atoms with van der Waals surface area (Å²) in [6.45, 7) is 2.54. The third-order valence-electron chi connectivity index (χ3n) is 5.60. The van der Waals surface area contributed by atoms with E-state index in [1.165, 1.54) is 31.2 Å². The van der Waals surface area contributed by atoms with Crippen LogP contribution in [-0.4, -0.2) is 27.2 Å². The van der Waals surface area contributed by atoms with Crippen LogP contribution in [0.5, 0.6) is 11.5 Å². The van der Waals surface area contributed by atoms with Crippen molar-refractivity contribution in [1.82, 2.24) is 14.4 Å². The summed E-state index contributed by atoms with van der Waals surface area (Å²) in [5, 5.41) is 3.77. The second-order valence-electron chi connectivity index (χ2n) is 7.57.